The van der Waals surface area contributed by atoms with Gasteiger partial charge in [-0.3, -0.25) is 14.3 Å². The van der Waals surface area contributed by atoms with Gasteiger partial charge in [0.15, 0.2) is 6.23 Å². The molecule has 0 aromatic carbocycles. The third-order valence-corrected chi connectivity index (χ3v) is 3.29. The van der Waals surface area contributed by atoms with Crippen LogP contribution in [0.1, 0.15) is 11.8 Å². The summed E-state index contributed by atoms with van der Waals surface area (Å²) in [6.07, 6.45) is -3.01. The van der Waals surface area contributed by atoms with Crippen molar-refractivity contribution in [2.75, 3.05) is 6.61 Å². The average Bonchev–Trinajstić information content (AvgIpc) is 2.77. The van der Waals surface area contributed by atoms with Gasteiger partial charge in [-0.1, -0.05) is 0 Å². The van der Waals surface area contributed by atoms with Gasteiger partial charge in [-0.2, -0.15) is 0 Å². The quantitative estimate of drug-likeness (QED) is 0.352. The fourth-order valence-electron chi connectivity index (χ4n) is 2.15. The first kappa shape index (κ1) is 16.1. The molecule has 1 fully saturated rings. The van der Waals surface area contributed by atoms with Crippen LogP contribution in [0.25, 0.3) is 0 Å². The molecular weight excluding hydrogens is 298 g/mol. The molecule has 2 rings (SSSR count). The fraction of sp³-hybridized carbons (Fsp3) is 0.500. The van der Waals surface area contributed by atoms with E-state index >= 15 is 0 Å². The molecule has 1 saturated heterocycles. The summed E-state index contributed by atoms with van der Waals surface area (Å²) >= 11 is 0. The lowest BCUT2D eigenvalue weighted by Gasteiger charge is -2.17. The van der Waals surface area contributed by atoms with Crippen LogP contribution in [-0.4, -0.2) is 55.7 Å². The number of hydrogen-bond acceptors (Lipinski definition) is 8. The summed E-state index contributed by atoms with van der Waals surface area (Å²) in [6.45, 7) is -0.592. The molecule has 1 aliphatic heterocycles. The minimum absolute atomic E-state index is 0.0559. The van der Waals surface area contributed by atoms with Crippen molar-refractivity contribution >= 4 is 5.94 Å². The third-order valence-electron chi connectivity index (χ3n) is 3.29. The van der Waals surface area contributed by atoms with Crippen LogP contribution < -0.4 is 16.6 Å². The van der Waals surface area contributed by atoms with Gasteiger partial charge in [0.05, 0.1) is 18.4 Å². The molecule has 0 aliphatic carbocycles. The van der Waals surface area contributed by atoms with Crippen molar-refractivity contribution in [1.82, 2.24) is 14.9 Å². The van der Waals surface area contributed by atoms with Crippen molar-refractivity contribution in [1.29, 1.82) is 0 Å². The van der Waals surface area contributed by atoms with Gasteiger partial charge in [0.2, 0.25) is 0 Å². The molecule has 5 N–H and O–H groups in total. The van der Waals surface area contributed by atoms with Gasteiger partial charge in [0.25, 0.3) is 5.56 Å². The molecule has 0 unspecified atom stereocenters. The molecule has 0 radical (unpaired) electrons. The molecule has 0 spiro atoms. The number of nitrogens with one attached hydrogen (secondary N) is 2. The first-order valence-electron chi connectivity index (χ1n) is 6.39. The van der Waals surface area contributed by atoms with Gasteiger partial charge in [0, 0.05) is 12.7 Å². The van der Waals surface area contributed by atoms with E-state index in [4.69, 9.17) is 9.84 Å². The second-order valence-corrected chi connectivity index (χ2v) is 4.69. The molecule has 120 valence electrons. The second-order valence-electron chi connectivity index (χ2n) is 4.69. The Labute approximate surface area is 123 Å². The molecule has 10 heteroatoms. The number of carbonyl (C=O) groups excluding carboxylic acids is 1. The first-order chi connectivity index (χ1) is 10.5. The molecule has 10 nitrogen and oxygen atoms in total. The molecule has 0 saturated carbocycles. The molecule has 1 aromatic heterocycles. The summed E-state index contributed by atoms with van der Waals surface area (Å²) in [5, 5.41) is 31.1. The summed E-state index contributed by atoms with van der Waals surface area (Å²) in [6, 6.07) is 0. The number of aliphatic hydroxyl groups is 3. The van der Waals surface area contributed by atoms with E-state index < -0.39 is 42.4 Å². The molecule has 4 atom stereocenters. The van der Waals surface area contributed by atoms with Crippen LogP contribution in [0.4, 0.5) is 0 Å². The Bertz CT molecular complexity index is 691. The fourth-order valence-corrected chi connectivity index (χ4v) is 2.15. The van der Waals surface area contributed by atoms with Crippen LogP contribution in [-0.2, 0) is 16.1 Å². The number of nitrogens with zero attached hydrogens (tertiary/aromatic N) is 1. The van der Waals surface area contributed by atoms with E-state index in [-0.39, 0.29) is 12.1 Å². The minimum Gasteiger partial charge on any atom is -0.394 e. The van der Waals surface area contributed by atoms with Crippen molar-refractivity contribution < 1.29 is 24.9 Å². The van der Waals surface area contributed by atoms with Crippen molar-refractivity contribution in [3.63, 3.8) is 0 Å². The van der Waals surface area contributed by atoms with Crippen molar-refractivity contribution in [3.05, 3.63) is 38.8 Å². The Morgan fingerprint density at radius 1 is 1.41 bits per heavy atom. The number of aliphatic hydroxyl groups excluding tert-OH is 3. The SMILES string of the molecule is O=C=CNCc1cn([C@@H]2O[C@H](CO)[C@@H](O)[C@H]2O)c(=O)[nH]c1=O. The normalized spacial score (nSPS) is 27.4. The Morgan fingerprint density at radius 2 is 2.14 bits per heavy atom. The lowest BCUT2D eigenvalue weighted by Crippen LogP contribution is -2.39. The third kappa shape index (κ3) is 3.01. The smallest absolute Gasteiger partial charge is 0.330 e. The van der Waals surface area contributed by atoms with E-state index in [9.17, 15) is 24.6 Å². The van der Waals surface area contributed by atoms with E-state index in [1.807, 2.05) is 4.98 Å². The van der Waals surface area contributed by atoms with Gasteiger partial charge in [0.1, 0.15) is 24.3 Å². The Hall–Kier alpha value is -2.23. The highest BCUT2D eigenvalue weighted by atomic mass is 16.6. The standard InChI is InChI=1S/C12H15N3O7/c16-2-1-13-3-6-4-15(12(21)14-10(6)20)11-9(19)8(18)7(5-17)22-11/h1,4,7-9,11,13,17-19H,3,5H2,(H,14,20,21)/t7-,8-,9-,11-/m1/s1. The highest BCUT2D eigenvalue weighted by molar-refractivity contribution is 5.43. The molecule has 22 heavy (non-hydrogen) atoms. The zero-order valence-corrected chi connectivity index (χ0v) is 11.3. The average molecular weight is 313 g/mol. The molecule has 0 bridgehead atoms. The molecule has 2 heterocycles. The van der Waals surface area contributed by atoms with E-state index in [2.05, 4.69) is 5.32 Å². The summed E-state index contributed by atoms with van der Waals surface area (Å²) in [5.41, 5.74) is -1.40. The van der Waals surface area contributed by atoms with Crippen molar-refractivity contribution in [3.8, 4) is 0 Å². The topological polar surface area (TPSA) is 154 Å². The number of H-pyrrole nitrogens is 1. The number of aromatic nitrogens is 2. The Kier molecular flexibility index (Phi) is 4.91. The molecular formula is C12H15N3O7. The maximum absolute atomic E-state index is 11.8. The molecule has 1 aromatic rings. The Balaban J connectivity index is 2.35. The molecule has 0 amide bonds. The zero-order chi connectivity index (χ0) is 16.3. The van der Waals surface area contributed by atoms with Crippen molar-refractivity contribution in [2.24, 2.45) is 0 Å². The van der Waals surface area contributed by atoms with E-state index in [0.29, 0.717) is 0 Å². The van der Waals surface area contributed by atoms with Crippen LogP contribution in [0.15, 0.2) is 22.0 Å². The second kappa shape index (κ2) is 6.69. The predicted molar refractivity (Wildman–Crippen MR) is 71.4 cm³/mol. The summed E-state index contributed by atoms with van der Waals surface area (Å²) in [4.78, 5) is 35.6. The number of rotatable bonds is 5. The van der Waals surface area contributed by atoms with Crippen molar-refractivity contribution in [2.45, 2.75) is 31.1 Å². The number of aromatic amines is 1. The zero-order valence-electron chi connectivity index (χ0n) is 11.3. The van der Waals surface area contributed by atoms with Crippen LogP contribution >= 0.6 is 0 Å². The largest absolute Gasteiger partial charge is 0.394 e. The monoisotopic (exact) mass is 313 g/mol. The van der Waals surface area contributed by atoms with Gasteiger partial charge >= 0.3 is 5.69 Å². The highest BCUT2D eigenvalue weighted by Gasteiger charge is 2.43. The lowest BCUT2D eigenvalue weighted by molar-refractivity contribution is -0.0551. The van der Waals surface area contributed by atoms with Gasteiger partial charge in [-0.15, -0.1) is 0 Å². The molecule has 1 aliphatic rings. The summed E-state index contributed by atoms with van der Waals surface area (Å²) in [5.74, 6) is 1.47. The Morgan fingerprint density at radius 3 is 2.73 bits per heavy atom. The van der Waals surface area contributed by atoms with Gasteiger partial charge in [-0.05, 0) is 0 Å². The maximum atomic E-state index is 11.8. The van der Waals surface area contributed by atoms with Crippen LogP contribution in [0.3, 0.4) is 0 Å². The summed E-state index contributed by atoms with van der Waals surface area (Å²) in [7, 11) is 0. The number of hydrogen-bond donors (Lipinski definition) is 5. The van der Waals surface area contributed by atoms with Crippen LogP contribution in [0.5, 0.6) is 0 Å². The van der Waals surface area contributed by atoms with E-state index in [0.717, 1.165) is 17.0 Å². The van der Waals surface area contributed by atoms with Crippen LogP contribution in [0, 0.1) is 0 Å². The highest BCUT2D eigenvalue weighted by Crippen LogP contribution is 2.27. The summed E-state index contributed by atoms with van der Waals surface area (Å²) < 4.78 is 6.13. The van der Waals surface area contributed by atoms with E-state index in [1.54, 1.807) is 0 Å². The first-order valence-corrected chi connectivity index (χ1v) is 6.39. The van der Waals surface area contributed by atoms with E-state index in [1.165, 1.54) is 5.94 Å². The van der Waals surface area contributed by atoms with Gasteiger partial charge < -0.3 is 25.4 Å². The maximum Gasteiger partial charge on any atom is 0.330 e. The number of ether oxygens (including phenoxy) is 1. The predicted octanol–water partition coefficient (Wildman–Crippen LogP) is -3.42. The lowest BCUT2D eigenvalue weighted by atomic mass is 10.1. The van der Waals surface area contributed by atoms with Gasteiger partial charge in [-0.25, -0.2) is 9.59 Å². The van der Waals surface area contributed by atoms with Crippen LogP contribution in [0.2, 0.25) is 0 Å². The minimum atomic E-state index is -1.45.